The highest BCUT2D eigenvalue weighted by Crippen LogP contribution is 2.24. The van der Waals surface area contributed by atoms with Crippen LogP contribution in [0.2, 0.25) is 0 Å². The summed E-state index contributed by atoms with van der Waals surface area (Å²) in [7, 11) is 0. The molecule has 0 atom stereocenters. The molecule has 1 heterocycles. The third-order valence-corrected chi connectivity index (χ3v) is 1.39. The number of aromatic hydroxyl groups is 1. The van der Waals surface area contributed by atoms with E-state index < -0.39 is 12.2 Å². The summed E-state index contributed by atoms with van der Waals surface area (Å²) >= 11 is 0. The fourth-order valence-corrected chi connectivity index (χ4v) is 0.854. The van der Waals surface area contributed by atoms with E-state index in [2.05, 4.69) is 9.72 Å². The van der Waals surface area contributed by atoms with Gasteiger partial charge >= 0.3 is 6.36 Å². The predicted octanol–water partition coefficient (Wildman–Crippen LogP) is 1.75. The molecule has 0 aromatic carbocycles. The Hall–Kier alpha value is -1.97. The monoisotopic (exact) mass is 218 g/mol. The Balaban J connectivity index is 2.93. The van der Waals surface area contributed by atoms with Crippen LogP contribution in [0, 0.1) is 11.3 Å². The van der Waals surface area contributed by atoms with Crippen LogP contribution >= 0.6 is 0 Å². The summed E-state index contributed by atoms with van der Waals surface area (Å²) in [5.74, 6) is -1.04. The van der Waals surface area contributed by atoms with Crippen molar-refractivity contribution in [3.05, 3.63) is 17.8 Å². The normalized spacial score (nSPS) is 10.8. The van der Waals surface area contributed by atoms with Crippen molar-refractivity contribution in [3.8, 4) is 17.7 Å². The Morgan fingerprint density at radius 2 is 2.13 bits per heavy atom. The lowest BCUT2D eigenvalue weighted by Crippen LogP contribution is -2.18. The molecule has 7 heteroatoms. The Bertz CT molecular complexity index is 398. The van der Waals surface area contributed by atoms with Crippen molar-refractivity contribution in [3.63, 3.8) is 0 Å². The number of ether oxygens (including phenoxy) is 1. The quantitative estimate of drug-likeness (QED) is 0.821. The summed E-state index contributed by atoms with van der Waals surface area (Å²) in [5, 5.41) is 17.4. The molecular formula is C8H5F3N2O2. The van der Waals surface area contributed by atoms with Gasteiger partial charge < -0.3 is 9.84 Å². The number of aromatic nitrogens is 1. The van der Waals surface area contributed by atoms with E-state index in [1.54, 1.807) is 6.07 Å². The molecule has 4 nitrogen and oxygen atoms in total. The second-order valence-corrected chi connectivity index (χ2v) is 2.50. The highest BCUT2D eigenvalue weighted by atomic mass is 19.4. The number of nitrogens with zero attached hydrogens (tertiary/aromatic N) is 2. The van der Waals surface area contributed by atoms with Crippen LogP contribution in [0.1, 0.15) is 5.69 Å². The first-order valence-electron chi connectivity index (χ1n) is 3.74. The average molecular weight is 218 g/mol. The molecule has 0 bridgehead atoms. The van der Waals surface area contributed by atoms with Crippen molar-refractivity contribution in [2.75, 3.05) is 0 Å². The molecule has 1 rings (SSSR count). The van der Waals surface area contributed by atoms with Gasteiger partial charge in [-0.25, -0.2) is 4.98 Å². The zero-order valence-corrected chi connectivity index (χ0v) is 7.25. The second-order valence-electron chi connectivity index (χ2n) is 2.50. The van der Waals surface area contributed by atoms with Crippen LogP contribution in [0.4, 0.5) is 13.2 Å². The van der Waals surface area contributed by atoms with Gasteiger partial charge in [-0.3, -0.25) is 0 Å². The standard InChI is InChI=1S/C8H5F3N2O2/c9-8(10,11)15-7-2-1-6(14)5(13-7)3-4-12/h1-2,14H,3H2. The summed E-state index contributed by atoms with van der Waals surface area (Å²) in [6, 6.07) is 3.51. The van der Waals surface area contributed by atoms with Crippen molar-refractivity contribution < 1.29 is 23.0 Å². The van der Waals surface area contributed by atoms with Crippen LogP contribution in [0.3, 0.4) is 0 Å². The van der Waals surface area contributed by atoms with Gasteiger partial charge in [0.05, 0.1) is 12.5 Å². The first kappa shape index (κ1) is 11.1. The van der Waals surface area contributed by atoms with E-state index in [0.29, 0.717) is 0 Å². The molecule has 15 heavy (non-hydrogen) atoms. The number of rotatable bonds is 2. The number of nitriles is 1. The molecule has 1 aromatic rings. The molecule has 1 aromatic heterocycles. The van der Waals surface area contributed by atoms with Crippen LogP contribution in [0.5, 0.6) is 11.6 Å². The third-order valence-electron chi connectivity index (χ3n) is 1.39. The van der Waals surface area contributed by atoms with E-state index in [-0.39, 0.29) is 17.9 Å². The van der Waals surface area contributed by atoms with E-state index >= 15 is 0 Å². The van der Waals surface area contributed by atoms with Crippen molar-refractivity contribution in [2.24, 2.45) is 0 Å². The molecule has 0 saturated carbocycles. The lowest BCUT2D eigenvalue weighted by Gasteiger charge is -2.08. The molecule has 0 amide bonds. The van der Waals surface area contributed by atoms with Crippen LogP contribution in [0.25, 0.3) is 0 Å². The first-order valence-corrected chi connectivity index (χ1v) is 3.74. The van der Waals surface area contributed by atoms with Crippen LogP contribution < -0.4 is 4.74 Å². The zero-order chi connectivity index (χ0) is 11.5. The minimum Gasteiger partial charge on any atom is -0.506 e. The average Bonchev–Trinajstić information content (AvgIpc) is 2.09. The van der Waals surface area contributed by atoms with Crippen LogP contribution in [0.15, 0.2) is 12.1 Å². The molecule has 0 spiro atoms. The fourth-order valence-electron chi connectivity index (χ4n) is 0.854. The third kappa shape index (κ3) is 3.34. The molecule has 0 unspecified atom stereocenters. The van der Waals surface area contributed by atoms with Gasteiger partial charge in [-0.2, -0.15) is 5.26 Å². The number of hydrogen-bond acceptors (Lipinski definition) is 4. The topological polar surface area (TPSA) is 66.1 Å². The summed E-state index contributed by atoms with van der Waals surface area (Å²) in [6.45, 7) is 0. The molecule has 1 N–H and O–H groups in total. The fraction of sp³-hybridized carbons (Fsp3) is 0.250. The first-order chi connectivity index (χ1) is 6.92. The van der Waals surface area contributed by atoms with Crippen molar-refractivity contribution >= 4 is 0 Å². The molecule has 0 aliphatic heterocycles. The van der Waals surface area contributed by atoms with Gasteiger partial charge in [0, 0.05) is 6.07 Å². The van der Waals surface area contributed by atoms with Gasteiger partial charge in [-0.05, 0) is 6.07 Å². The molecule has 0 saturated heterocycles. The lowest BCUT2D eigenvalue weighted by atomic mass is 10.2. The van der Waals surface area contributed by atoms with Crippen molar-refractivity contribution in [2.45, 2.75) is 12.8 Å². The minimum atomic E-state index is -4.84. The number of hydrogen-bond donors (Lipinski definition) is 1. The van der Waals surface area contributed by atoms with Gasteiger partial charge in [0.2, 0.25) is 5.88 Å². The van der Waals surface area contributed by atoms with Gasteiger partial charge in [0.15, 0.2) is 0 Å². The Morgan fingerprint density at radius 1 is 1.47 bits per heavy atom. The molecular weight excluding hydrogens is 213 g/mol. The van der Waals surface area contributed by atoms with Crippen LogP contribution in [-0.2, 0) is 6.42 Å². The van der Waals surface area contributed by atoms with E-state index in [4.69, 9.17) is 10.4 Å². The largest absolute Gasteiger partial charge is 0.574 e. The lowest BCUT2D eigenvalue weighted by molar-refractivity contribution is -0.276. The Morgan fingerprint density at radius 3 is 2.67 bits per heavy atom. The van der Waals surface area contributed by atoms with Gasteiger partial charge in [-0.1, -0.05) is 0 Å². The summed E-state index contributed by atoms with van der Waals surface area (Å²) in [4.78, 5) is 3.33. The van der Waals surface area contributed by atoms with E-state index in [9.17, 15) is 13.2 Å². The maximum atomic E-state index is 11.8. The smallest absolute Gasteiger partial charge is 0.506 e. The number of pyridine rings is 1. The van der Waals surface area contributed by atoms with Gasteiger partial charge in [0.25, 0.3) is 0 Å². The van der Waals surface area contributed by atoms with E-state index in [0.717, 1.165) is 12.1 Å². The van der Waals surface area contributed by atoms with Crippen molar-refractivity contribution in [1.29, 1.82) is 5.26 Å². The predicted molar refractivity (Wildman–Crippen MR) is 41.9 cm³/mol. The number of alkyl halides is 3. The van der Waals surface area contributed by atoms with E-state index in [1.807, 2.05) is 0 Å². The molecule has 0 aliphatic carbocycles. The highest BCUT2D eigenvalue weighted by Gasteiger charge is 2.31. The molecule has 0 radical (unpaired) electrons. The Labute approximate surface area is 82.5 Å². The Kier molecular flexibility index (Phi) is 2.99. The summed E-state index contributed by atoms with van der Waals surface area (Å²) < 4.78 is 38.8. The SMILES string of the molecule is N#CCc1nc(OC(F)(F)F)ccc1O. The van der Waals surface area contributed by atoms with Gasteiger partial charge in [0.1, 0.15) is 11.4 Å². The van der Waals surface area contributed by atoms with Gasteiger partial charge in [-0.15, -0.1) is 13.2 Å². The maximum Gasteiger partial charge on any atom is 0.574 e. The summed E-state index contributed by atoms with van der Waals surface area (Å²) in [5.41, 5.74) is -0.153. The highest BCUT2D eigenvalue weighted by molar-refractivity contribution is 5.31. The number of halogens is 3. The minimum absolute atomic E-state index is 0.153. The zero-order valence-electron chi connectivity index (χ0n) is 7.25. The molecule has 80 valence electrons. The maximum absolute atomic E-state index is 11.8. The molecule has 0 fully saturated rings. The van der Waals surface area contributed by atoms with E-state index in [1.165, 1.54) is 0 Å². The van der Waals surface area contributed by atoms with Crippen molar-refractivity contribution in [1.82, 2.24) is 4.98 Å². The second kappa shape index (κ2) is 4.04. The van der Waals surface area contributed by atoms with Crippen LogP contribution in [-0.4, -0.2) is 16.5 Å². The summed E-state index contributed by atoms with van der Waals surface area (Å²) in [6.07, 6.45) is -5.13. The molecule has 0 aliphatic rings.